The van der Waals surface area contributed by atoms with E-state index in [2.05, 4.69) is 5.32 Å². The van der Waals surface area contributed by atoms with Gasteiger partial charge in [-0.25, -0.2) is 4.79 Å². The predicted octanol–water partition coefficient (Wildman–Crippen LogP) is 4.69. The number of carbonyl (C=O) groups is 2. The van der Waals surface area contributed by atoms with Crippen molar-refractivity contribution in [1.29, 1.82) is 0 Å². The van der Waals surface area contributed by atoms with E-state index in [1.54, 1.807) is 24.3 Å². The molecule has 0 radical (unpaired) electrons. The normalized spacial score (nSPS) is 12.4. The summed E-state index contributed by atoms with van der Waals surface area (Å²) in [5, 5.41) is 2.59. The molecule has 0 saturated carbocycles. The molecular weight excluding hydrogens is 387 g/mol. The Bertz CT molecular complexity index is 876. The average molecular weight is 407 g/mol. The van der Waals surface area contributed by atoms with Crippen LogP contribution in [0.4, 0.5) is 18.9 Å². The third kappa shape index (κ3) is 6.99. The first-order valence-electron chi connectivity index (χ1n) is 8.78. The summed E-state index contributed by atoms with van der Waals surface area (Å²) in [6, 6.07) is 11.2. The summed E-state index contributed by atoms with van der Waals surface area (Å²) in [7, 11) is 0. The highest BCUT2D eigenvalue weighted by molar-refractivity contribution is 5.96. The minimum atomic E-state index is -4.47. The molecule has 0 spiro atoms. The smallest absolute Gasteiger partial charge is 0.416 e. The number of esters is 1. The van der Waals surface area contributed by atoms with Crippen LogP contribution in [0, 0.1) is 0 Å². The summed E-state index contributed by atoms with van der Waals surface area (Å²) in [6.45, 7) is 3.76. The fourth-order valence-corrected chi connectivity index (χ4v) is 2.30. The Balaban J connectivity index is 1.91. The van der Waals surface area contributed by atoms with E-state index >= 15 is 0 Å². The number of rotatable bonds is 7. The molecule has 2 aromatic rings. The van der Waals surface area contributed by atoms with Crippen molar-refractivity contribution in [2.45, 2.75) is 26.1 Å². The number of anilines is 1. The summed E-state index contributed by atoms with van der Waals surface area (Å²) in [4.78, 5) is 24.0. The topological polar surface area (TPSA) is 64.6 Å². The van der Waals surface area contributed by atoms with Crippen molar-refractivity contribution in [2.75, 3.05) is 11.9 Å². The van der Waals surface area contributed by atoms with Crippen LogP contribution < -0.4 is 10.1 Å². The van der Waals surface area contributed by atoms with Gasteiger partial charge in [0.25, 0.3) is 5.91 Å². The number of hydrogen-bond acceptors (Lipinski definition) is 4. The van der Waals surface area contributed by atoms with Crippen LogP contribution in [0.2, 0.25) is 0 Å². The second-order valence-electron chi connectivity index (χ2n) is 5.98. The van der Waals surface area contributed by atoms with Crippen molar-refractivity contribution < 1.29 is 32.2 Å². The molecule has 2 aromatic carbocycles. The molecule has 0 fully saturated rings. The number of carbonyl (C=O) groups excluding carboxylic acids is 2. The summed E-state index contributed by atoms with van der Waals surface area (Å²) in [5.74, 6) is -0.739. The first-order chi connectivity index (χ1) is 13.7. The van der Waals surface area contributed by atoms with Crippen molar-refractivity contribution in [3.8, 4) is 5.75 Å². The Kier molecular flexibility index (Phi) is 7.41. The van der Waals surface area contributed by atoms with Gasteiger partial charge < -0.3 is 14.8 Å². The van der Waals surface area contributed by atoms with Crippen molar-refractivity contribution in [1.82, 2.24) is 0 Å². The summed E-state index contributed by atoms with van der Waals surface area (Å²) in [5.41, 5.74) is -0.139. The van der Waals surface area contributed by atoms with E-state index in [9.17, 15) is 22.8 Å². The van der Waals surface area contributed by atoms with Gasteiger partial charge in [-0.1, -0.05) is 12.1 Å². The Morgan fingerprint density at radius 3 is 2.45 bits per heavy atom. The van der Waals surface area contributed by atoms with Crippen LogP contribution in [-0.4, -0.2) is 24.6 Å². The molecule has 1 atom stereocenters. The van der Waals surface area contributed by atoms with E-state index in [4.69, 9.17) is 9.47 Å². The first kappa shape index (κ1) is 22.0. The lowest BCUT2D eigenvalue weighted by Crippen LogP contribution is -2.29. The molecule has 0 aromatic heterocycles. The summed E-state index contributed by atoms with van der Waals surface area (Å²) in [6.07, 6.45) is -3.41. The van der Waals surface area contributed by atoms with Gasteiger partial charge >= 0.3 is 12.1 Å². The van der Waals surface area contributed by atoms with Crippen LogP contribution in [0.25, 0.3) is 6.08 Å². The number of amides is 1. The predicted molar refractivity (Wildman–Crippen MR) is 102 cm³/mol. The van der Waals surface area contributed by atoms with Crippen LogP contribution in [0.5, 0.6) is 5.75 Å². The molecule has 0 aliphatic carbocycles. The van der Waals surface area contributed by atoms with E-state index < -0.39 is 29.7 Å². The quantitative estimate of drug-likeness (QED) is 0.534. The second kappa shape index (κ2) is 9.77. The maximum absolute atomic E-state index is 12.7. The maximum Gasteiger partial charge on any atom is 0.416 e. The Morgan fingerprint density at radius 1 is 1.14 bits per heavy atom. The lowest BCUT2D eigenvalue weighted by Gasteiger charge is -2.13. The molecule has 1 unspecified atom stereocenters. The van der Waals surface area contributed by atoms with Crippen LogP contribution >= 0.6 is 0 Å². The fraction of sp³-hybridized carbons (Fsp3) is 0.238. The van der Waals surface area contributed by atoms with Gasteiger partial charge in [-0.05, 0) is 61.9 Å². The molecule has 29 heavy (non-hydrogen) atoms. The van der Waals surface area contributed by atoms with Gasteiger partial charge in [0.1, 0.15) is 5.75 Å². The first-order valence-corrected chi connectivity index (χ1v) is 8.78. The largest absolute Gasteiger partial charge is 0.494 e. The van der Waals surface area contributed by atoms with E-state index in [1.165, 1.54) is 25.1 Å². The molecule has 0 aliphatic heterocycles. The third-order valence-corrected chi connectivity index (χ3v) is 3.72. The molecule has 0 bridgehead atoms. The van der Waals surface area contributed by atoms with Gasteiger partial charge in [-0.2, -0.15) is 13.2 Å². The number of hydrogen-bond donors (Lipinski definition) is 1. The Morgan fingerprint density at radius 2 is 1.83 bits per heavy atom. The number of nitrogens with one attached hydrogen (secondary N) is 1. The lowest BCUT2D eigenvalue weighted by molar-refractivity contribution is -0.148. The number of ether oxygens (including phenoxy) is 2. The molecule has 0 saturated heterocycles. The highest BCUT2D eigenvalue weighted by Crippen LogP contribution is 2.29. The molecule has 1 N–H and O–H groups in total. The average Bonchev–Trinajstić information content (AvgIpc) is 2.67. The van der Waals surface area contributed by atoms with E-state index in [0.29, 0.717) is 18.0 Å². The molecule has 5 nitrogen and oxygen atoms in total. The molecule has 8 heteroatoms. The van der Waals surface area contributed by atoms with Gasteiger partial charge in [-0.15, -0.1) is 0 Å². The zero-order valence-electron chi connectivity index (χ0n) is 15.8. The minimum absolute atomic E-state index is 0.184. The van der Waals surface area contributed by atoms with Crippen LogP contribution in [0.15, 0.2) is 54.6 Å². The zero-order chi connectivity index (χ0) is 21.4. The Labute approximate surface area is 166 Å². The molecule has 0 heterocycles. The molecule has 154 valence electrons. The molecule has 1 amide bonds. The highest BCUT2D eigenvalue weighted by Gasteiger charge is 2.30. The van der Waals surface area contributed by atoms with Gasteiger partial charge in [-0.3, -0.25) is 4.79 Å². The SMILES string of the molecule is CCOc1ccc(NC(=O)C(C)OC(=O)/C=C/c2cccc(C(F)(F)F)c2)cc1. The molecule has 2 rings (SSSR count). The fourth-order valence-electron chi connectivity index (χ4n) is 2.30. The summed E-state index contributed by atoms with van der Waals surface area (Å²) < 4.78 is 48.4. The van der Waals surface area contributed by atoms with Gasteiger partial charge in [0.05, 0.1) is 12.2 Å². The van der Waals surface area contributed by atoms with E-state index in [-0.39, 0.29) is 5.56 Å². The molecule has 0 aliphatic rings. The highest BCUT2D eigenvalue weighted by atomic mass is 19.4. The third-order valence-electron chi connectivity index (χ3n) is 3.72. The van der Waals surface area contributed by atoms with Crippen molar-refractivity contribution in [2.24, 2.45) is 0 Å². The summed E-state index contributed by atoms with van der Waals surface area (Å²) >= 11 is 0. The number of halogens is 3. The zero-order valence-corrected chi connectivity index (χ0v) is 15.8. The van der Waals surface area contributed by atoms with Crippen molar-refractivity contribution in [3.63, 3.8) is 0 Å². The van der Waals surface area contributed by atoms with Gasteiger partial charge in [0.15, 0.2) is 6.10 Å². The van der Waals surface area contributed by atoms with Crippen LogP contribution in [-0.2, 0) is 20.5 Å². The van der Waals surface area contributed by atoms with E-state index in [0.717, 1.165) is 18.2 Å². The van der Waals surface area contributed by atoms with Gasteiger partial charge in [0.2, 0.25) is 0 Å². The van der Waals surface area contributed by atoms with E-state index in [1.807, 2.05) is 6.92 Å². The van der Waals surface area contributed by atoms with Crippen molar-refractivity contribution >= 4 is 23.6 Å². The Hall–Kier alpha value is -3.29. The van der Waals surface area contributed by atoms with Crippen LogP contribution in [0.3, 0.4) is 0 Å². The van der Waals surface area contributed by atoms with Crippen molar-refractivity contribution in [3.05, 3.63) is 65.7 Å². The minimum Gasteiger partial charge on any atom is -0.494 e. The van der Waals surface area contributed by atoms with Gasteiger partial charge in [0, 0.05) is 11.8 Å². The van der Waals surface area contributed by atoms with Crippen LogP contribution in [0.1, 0.15) is 25.0 Å². The monoisotopic (exact) mass is 407 g/mol. The second-order valence-corrected chi connectivity index (χ2v) is 5.98. The number of benzene rings is 2. The standard InChI is InChI=1S/C21H20F3NO4/c1-3-28-18-10-8-17(9-11-18)25-20(27)14(2)29-19(26)12-7-15-5-4-6-16(13-15)21(22,23)24/h4-14H,3H2,1-2H3,(H,25,27)/b12-7+. The lowest BCUT2D eigenvalue weighted by atomic mass is 10.1. The number of alkyl halides is 3. The molecular formula is C21H20F3NO4. The maximum atomic E-state index is 12.7.